The highest BCUT2D eigenvalue weighted by Gasteiger charge is 2.31. The maximum Gasteiger partial charge on any atom is 0.406 e. The molecule has 0 bridgehead atoms. The Morgan fingerprint density at radius 1 is 1.26 bits per heavy atom. The number of furan rings is 1. The van der Waals surface area contributed by atoms with Gasteiger partial charge in [-0.1, -0.05) is 42.1 Å². The zero-order valence-corrected chi connectivity index (χ0v) is 15.0. The van der Waals surface area contributed by atoms with Crippen molar-refractivity contribution in [2.45, 2.75) is 23.6 Å². The highest BCUT2D eigenvalue weighted by Crippen LogP contribution is 2.32. The molecular weight excluding hydrogens is 381 g/mol. The van der Waals surface area contributed by atoms with Crippen molar-refractivity contribution in [1.29, 1.82) is 0 Å². The van der Waals surface area contributed by atoms with Crippen LogP contribution in [0.4, 0.5) is 13.2 Å². The zero-order chi connectivity index (χ0) is 19.4. The molecular formula is C18H15F3N2O3S. The SMILES string of the molecule is COC(=O)c1ccoc1CSc1ncc(-c2ccccc2)n1CC(F)(F)F. The summed E-state index contributed by atoms with van der Waals surface area (Å²) >= 11 is 1.05. The fraction of sp³-hybridized carbons (Fsp3) is 0.222. The molecule has 3 rings (SSSR count). The van der Waals surface area contributed by atoms with Gasteiger partial charge in [0.05, 0.1) is 31.0 Å². The minimum atomic E-state index is -4.40. The number of aromatic nitrogens is 2. The minimum Gasteiger partial charge on any atom is -0.468 e. The van der Waals surface area contributed by atoms with Crippen molar-refractivity contribution in [3.63, 3.8) is 0 Å². The first kappa shape index (κ1) is 19.1. The van der Waals surface area contributed by atoms with Gasteiger partial charge in [-0.2, -0.15) is 13.2 Å². The Labute approximate surface area is 157 Å². The van der Waals surface area contributed by atoms with Crippen molar-refractivity contribution in [1.82, 2.24) is 9.55 Å². The number of methoxy groups -OCH3 is 1. The van der Waals surface area contributed by atoms with Crippen LogP contribution in [0.15, 0.2) is 58.4 Å². The molecule has 0 N–H and O–H groups in total. The summed E-state index contributed by atoms with van der Waals surface area (Å²) < 4.78 is 50.3. The predicted octanol–water partition coefficient (Wildman–Crippen LogP) is 4.78. The Balaban J connectivity index is 1.88. The summed E-state index contributed by atoms with van der Waals surface area (Å²) in [6, 6.07) is 10.2. The lowest BCUT2D eigenvalue weighted by atomic mass is 10.2. The number of carbonyl (C=O) groups is 1. The highest BCUT2D eigenvalue weighted by atomic mass is 32.2. The van der Waals surface area contributed by atoms with E-state index in [1.807, 2.05) is 0 Å². The number of nitrogens with zero attached hydrogens (tertiary/aromatic N) is 2. The van der Waals surface area contributed by atoms with Crippen LogP contribution in [0.25, 0.3) is 11.3 Å². The van der Waals surface area contributed by atoms with Gasteiger partial charge in [0.2, 0.25) is 0 Å². The highest BCUT2D eigenvalue weighted by molar-refractivity contribution is 7.98. The standard InChI is InChI=1S/C18H15F3N2O3S/c1-25-16(24)13-7-8-26-15(13)10-27-17-22-9-14(12-5-3-2-4-6-12)23(17)11-18(19,20)21/h2-9H,10-11H2,1H3. The molecule has 3 aromatic rings. The molecule has 2 aromatic heterocycles. The fourth-order valence-corrected chi connectivity index (χ4v) is 3.45. The molecule has 9 heteroatoms. The van der Waals surface area contributed by atoms with Crippen LogP contribution in [0.2, 0.25) is 0 Å². The maximum atomic E-state index is 13.1. The van der Waals surface area contributed by atoms with Crippen LogP contribution in [-0.2, 0) is 17.0 Å². The molecule has 0 spiro atoms. The Kier molecular flexibility index (Phi) is 5.59. The van der Waals surface area contributed by atoms with E-state index < -0.39 is 18.7 Å². The lowest BCUT2D eigenvalue weighted by Gasteiger charge is -2.14. The summed E-state index contributed by atoms with van der Waals surface area (Å²) in [5, 5.41) is 0.179. The van der Waals surface area contributed by atoms with Gasteiger partial charge in [0.1, 0.15) is 17.9 Å². The number of hydrogen-bond donors (Lipinski definition) is 0. The van der Waals surface area contributed by atoms with Gasteiger partial charge in [-0.3, -0.25) is 0 Å². The van der Waals surface area contributed by atoms with Crippen molar-refractivity contribution in [2.24, 2.45) is 0 Å². The Bertz CT molecular complexity index is 920. The second-order valence-corrected chi connectivity index (χ2v) is 6.47. The van der Waals surface area contributed by atoms with Gasteiger partial charge in [0, 0.05) is 0 Å². The number of thioether (sulfide) groups is 1. The van der Waals surface area contributed by atoms with E-state index in [2.05, 4.69) is 9.72 Å². The minimum absolute atomic E-state index is 0.139. The first-order valence-corrected chi connectivity index (χ1v) is 8.83. The molecule has 0 aliphatic heterocycles. The van der Waals surface area contributed by atoms with Crippen molar-refractivity contribution in [3.05, 3.63) is 60.2 Å². The Hall–Kier alpha value is -2.68. The molecule has 5 nitrogen and oxygen atoms in total. The van der Waals surface area contributed by atoms with Crippen LogP contribution in [-0.4, -0.2) is 28.8 Å². The molecule has 0 amide bonds. The molecule has 142 valence electrons. The van der Waals surface area contributed by atoms with E-state index in [4.69, 9.17) is 4.42 Å². The quantitative estimate of drug-likeness (QED) is 0.443. The molecule has 0 fully saturated rings. The first-order chi connectivity index (χ1) is 12.9. The molecule has 0 unspecified atom stereocenters. The molecule has 2 heterocycles. The number of esters is 1. The largest absolute Gasteiger partial charge is 0.468 e. The Morgan fingerprint density at radius 2 is 2.00 bits per heavy atom. The van der Waals surface area contributed by atoms with Crippen LogP contribution in [0.3, 0.4) is 0 Å². The summed E-state index contributed by atoms with van der Waals surface area (Å²) in [6.45, 7) is -1.17. The summed E-state index contributed by atoms with van der Waals surface area (Å²) in [5.74, 6) is -0.113. The van der Waals surface area contributed by atoms with Gasteiger partial charge < -0.3 is 13.7 Å². The van der Waals surface area contributed by atoms with E-state index in [1.165, 1.54) is 25.6 Å². The number of halogens is 3. The van der Waals surface area contributed by atoms with E-state index >= 15 is 0 Å². The monoisotopic (exact) mass is 396 g/mol. The average molecular weight is 396 g/mol. The lowest BCUT2D eigenvalue weighted by molar-refractivity contribution is -0.141. The number of benzene rings is 1. The van der Waals surface area contributed by atoms with Crippen molar-refractivity contribution in [3.8, 4) is 11.3 Å². The van der Waals surface area contributed by atoms with Crippen molar-refractivity contribution >= 4 is 17.7 Å². The molecule has 0 aliphatic rings. The third-order valence-electron chi connectivity index (χ3n) is 3.71. The zero-order valence-electron chi connectivity index (χ0n) is 14.2. The van der Waals surface area contributed by atoms with E-state index in [-0.39, 0.29) is 16.5 Å². The van der Waals surface area contributed by atoms with Crippen LogP contribution in [0.5, 0.6) is 0 Å². The molecule has 0 atom stereocenters. The number of hydrogen-bond acceptors (Lipinski definition) is 5. The van der Waals surface area contributed by atoms with Crippen LogP contribution in [0.1, 0.15) is 16.1 Å². The Morgan fingerprint density at radius 3 is 2.67 bits per heavy atom. The summed E-state index contributed by atoms with van der Waals surface area (Å²) in [6.07, 6.45) is -1.66. The van der Waals surface area contributed by atoms with Gasteiger partial charge >= 0.3 is 12.1 Å². The second-order valence-electron chi connectivity index (χ2n) is 5.53. The molecule has 1 aromatic carbocycles. The van der Waals surface area contributed by atoms with E-state index in [9.17, 15) is 18.0 Å². The summed E-state index contributed by atoms with van der Waals surface area (Å²) in [7, 11) is 1.24. The van der Waals surface area contributed by atoms with Gasteiger partial charge in [0.15, 0.2) is 5.16 Å². The maximum absolute atomic E-state index is 13.1. The van der Waals surface area contributed by atoms with Crippen molar-refractivity contribution in [2.75, 3.05) is 7.11 Å². The number of rotatable bonds is 6. The van der Waals surface area contributed by atoms with Crippen LogP contribution < -0.4 is 0 Å². The predicted molar refractivity (Wildman–Crippen MR) is 93.3 cm³/mol. The van der Waals surface area contributed by atoms with Gasteiger partial charge in [-0.25, -0.2) is 9.78 Å². The summed E-state index contributed by atoms with van der Waals surface area (Å²) in [4.78, 5) is 15.8. The number of carbonyl (C=O) groups excluding carboxylic acids is 1. The molecule has 0 saturated heterocycles. The van der Waals surface area contributed by atoms with Gasteiger partial charge in [-0.05, 0) is 11.6 Å². The third-order valence-corrected chi connectivity index (χ3v) is 4.70. The third kappa shape index (κ3) is 4.54. The normalized spacial score (nSPS) is 11.6. The number of alkyl halides is 3. The summed E-state index contributed by atoms with van der Waals surface area (Å²) in [5.41, 5.74) is 1.24. The van der Waals surface area contributed by atoms with E-state index in [0.29, 0.717) is 17.0 Å². The lowest BCUT2D eigenvalue weighted by Crippen LogP contribution is -2.19. The molecule has 0 saturated carbocycles. The fourth-order valence-electron chi connectivity index (χ4n) is 2.52. The number of imidazole rings is 1. The number of ether oxygens (including phenoxy) is 1. The van der Waals surface area contributed by atoms with E-state index in [1.54, 1.807) is 30.3 Å². The van der Waals surface area contributed by atoms with Gasteiger partial charge in [-0.15, -0.1) is 0 Å². The van der Waals surface area contributed by atoms with Crippen LogP contribution >= 0.6 is 11.8 Å². The molecule has 27 heavy (non-hydrogen) atoms. The van der Waals surface area contributed by atoms with Crippen LogP contribution in [0, 0.1) is 0 Å². The molecule has 0 aliphatic carbocycles. The average Bonchev–Trinajstić information content (AvgIpc) is 3.25. The van der Waals surface area contributed by atoms with E-state index in [0.717, 1.165) is 16.3 Å². The first-order valence-electron chi connectivity index (χ1n) is 7.84. The van der Waals surface area contributed by atoms with Crippen molar-refractivity contribution < 1.29 is 27.1 Å². The topological polar surface area (TPSA) is 57.3 Å². The second kappa shape index (κ2) is 7.91. The smallest absolute Gasteiger partial charge is 0.406 e. The molecule has 0 radical (unpaired) electrons. The van der Waals surface area contributed by atoms with Gasteiger partial charge in [0.25, 0.3) is 0 Å².